The van der Waals surface area contributed by atoms with Crippen molar-refractivity contribution in [1.82, 2.24) is 19.9 Å². The van der Waals surface area contributed by atoms with Gasteiger partial charge >= 0.3 is 0 Å². The number of hydrogen-bond donors (Lipinski definition) is 0. The van der Waals surface area contributed by atoms with Crippen LogP contribution in [0.3, 0.4) is 0 Å². The molecule has 0 unspecified atom stereocenters. The first-order chi connectivity index (χ1) is 10.3. The van der Waals surface area contributed by atoms with E-state index in [9.17, 15) is 4.79 Å². The maximum atomic E-state index is 12.0. The average molecular weight is 280 g/mol. The molecule has 1 saturated carbocycles. The van der Waals surface area contributed by atoms with Gasteiger partial charge in [-0.25, -0.2) is 0 Å². The molecule has 1 fully saturated rings. The van der Waals surface area contributed by atoms with Crippen molar-refractivity contribution in [3.8, 4) is 17.3 Å². The van der Waals surface area contributed by atoms with Crippen LogP contribution in [-0.2, 0) is 0 Å². The largest absolute Gasteiger partial charge is 0.332 e. The lowest BCUT2D eigenvalue weighted by Gasteiger charge is -2.04. The Morgan fingerprint density at radius 1 is 1.10 bits per heavy atom. The highest BCUT2D eigenvalue weighted by atomic mass is 16.5. The lowest BCUT2D eigenvalue weighted by Crippen LogP contribution is -2.20. The van der Waals surface area contributed by atoms with E-state index in [0.717, 1.165) is 18.7 Å². The summed E-state index contributed by atoms with van der Waals surface area (Å²) in [5, 5.41) is 8.28. The monoisotopic (exact) mass is 280 g/mol. The highest BCUT2D eigenvalue weighted by Gasteiger charge is 2.29. The van der Waals surface area contributed by atoms with Gasteiger partial charge in [-0.05, 0) is 31.0 Å². The van der Waals surface area contributed by atoms with Gasteiger partial charge in [0.25, 0.3) is 11.4 Å². The normalized spacial score (nSPS) is 14.3. The molecule has 104 valence electrons. The Morgan fingerprint density at radius 2 is 1.90 bits per heavy atom. The molecule has 6 heteroatoms. The van der Waals surface area contributed by atoms with Crippen molar-refractivity contribution in [1.29, 1.82) is 0 Å². The Bertz CT molecular complexity index is 834. The fourth-order valence-electron chi connectivity index (χ4n) is 2.13. The van der Waals surface area contributed by atoms with Crippen molar-refractivity contribution in [2.75, 3.05) is 0 Å². The summed E-state index contributed by atoms with van der Waals surface area (Å²) < 4.78 is 6.57. The van der Waals surface area contributed by atoms with E-state index in [4.69, 9.17) is 4.52 Å². The number of benzene rings is 1. The van der Waals surface area contributed by atoms with Gasteiger partial charge in [0.1, 0.15) is 5.69 Å². The molecule has 0 atom stereocenters. The summed E-state index contributed by atoms with van der Waals surface area (Å²) in [6.45, 7) is 0. The van der Waals surface area contributed by atoms with Crippen LogP contribution in [0.5, 0.6) is 0 Å². The molecule has 0 saturated heterocycles. The molecule has 0 radical (unpaired) electrons. The first-order valence-corrected chi connectivity index (χ1v) is 6.81. The molecule has 0 aliphatic heterocycles. The van der Waals surface area contributed by atoms with E-state index in [-0.39, 0.29) is 5.56 Å². The molecule has 1 aromatic carbocycles. The van der Waals surface area contributed by atoms with Crippen LogP contribution in [0.2, 0.25) is 0 Å². The van der Waals surface area contributed by atoms with Crippen molar-refractivity contribution < 1.29 is 4.52 Å². The highest BCUT2D eigenvalue weighted by molar-refractivity contribution is 5.46. The summed E-state index contributed by atoms with van der Waals surface area (Å²) >= 11 is 0. The predicted octanol–water partition coefficient (Wildman–Crippen LogP) is 2.16. The molecule has 1 aliphatic rings. The van der Waals surface area contributed by atoms with Crippen molar-refractivity contribution in [2.24, 2.45) is 0 Å². The van der Waals surface area contributed by atoms with Gasteiger partial charge in [0.15, 0.2) is 5.82 Å². The summed E-state index contributed by atoms with van der Waals surface area (Å²) in [5.41, 5.74) is 0.996. The standard InChI is InChI=1S/C15H12N4O2/c20-13-9-8-12(15-16-14(18-21-15)10-6-7-10)17-19(13)11-4-2-1-3-5-11/h1-5,8-10H,6-7H2. The quantitative estimate of drug-likeness (QED) is 0.735. The SMILES string of the molecule is O=c1ccc(-c2nc(C3CC3)no2)nn1-c1ccccc1. The second-order valence-electron chi connectivity index (χ2n) is 5.04. The zero-order valence-corrected chi connectivity index (χ0v) is 11.1. The number of aromatic nitrogens is 4. The molecular formula is C15H12N4O2. The maximum absolute atomic E-state index is 12.0. The Kier molecular flexibility index (Phi) is 2.67. The molecule has 0 amide bonds. The van der Waals surface area contributed by atoms with Gasteiger partial charge in [0.05, 0.1) is 5.69 Å². The van der Waals surface area contributed by atoms with Crippen LogP contribution in [-0.4, -0.2) is 19.9 Å². The zero-order chi connectivity index (χ0) is 14.2. The van der Waals surface area contributed by atoms with Gasteiger partial charge in [-0.1, -0.05) is 23.4 Å². The van der Waals surface area contributed by atoms with Gasteiger partial charge in [0.2, 0.25) is 0 Å². The van der Waals surface area contributed by atoms with Gasteiger partial charge in [-0.2, -0.15) is 14.8 Å². The summed E-state index contributed by atoms with van der Waals surface area (Å²) in [6.07, 6.45) is 2.21. The van der Waals surface area contributed by atoms with Crippen LogP contribution >= 0.6 is 0 Å². The third kappa shape index (κ3) is 2.24. The van der Waals surface area contributed by atoms with Gasteiger partial charge in [0, 0.05) is 12.0 Å². The lowest BCUT2D eigenvalue weighted by atomic mass is 10.3. The van der Waals surface area contributed by atoms with Crippen LogP contribution in [0.15, 0.2) is 51.8 Å². The number of nitrogens with zero attached hydrogens (tertiary/aromatic N) is 4. The third-order valence-corrected chi connectivity index (χ3v) is 3.40. The van der Waals surface area contributed by atoms with Crippen molar-refractivity contribution in [3.63, 3.8) is 0 Å². The van der Waals surface area contributed by atoms with E-state index in [2.05, 4.69) is 15.2 Å². The van der Waals surface area contributed by atoms with Crippen molar-refractivity contribution >= 4 is 0 Å². The van der Waals surface area contributed by atoms with Crippen LogP contribution in [0, 0.1) is 0 Å². The summed E-state index contributed by atoms with van der Waals surface area (Å²) in [4.78, 5) is 16.3. The van der Waals surface area contributed by atoms with Gasteiger partial charge in [-0.3, -0.25) is 4.79 Å². The molecule has 0 N–H and O–H groups in total. The first kappa shape index (κ1) is 12.0. The van der Waals surface area contributed by atoms with Crippen LogP contribution in [0.25, 0.3) is 17.3 Å². The smallest absolute Gasteiger partial charge is 0.278 e. The van der Waals surface area contributed by atoms with E-state index in [1.54, 1.807) is 6.07 Å². The maximum Gasteiger partial charge on any atom is 0.278 e. The topological polar surface area (TPSA) is 73.8 Å². The third-order valence-electron chi connectivity index (χ3n) is 3.40. The second kappa shape index (κ2) is 4.66. The molecular weight excluding hydrogens is 268 g/mol. The minimum absolute atomic E-state index is 0.202. The van der Waals surface area contributed by atoms with Gasteiger partial charge < -0.3 is 4.52 Å². The van der Waals surface area contributed by atoms with Crippen molar-refractivity contribution in [3.05, 3.63) is 58.6 Å². The second-order valence-corrected chi connectivity index (χ2v) is 5.04. The highest BCUT2D eigenvalue weighted by Crippen LogP contribution is 2.38. The fourth-order valence-corrected chi connectivity index (χ4v) is 2.13. The van der Waals surface area contributed by atoms with E-state index in [1.807, 2.05) is 30.3 Å². The van der Waals surface area contributed by atoms with E-state index < -0.39 is 0 Å². The molecule has 0 spiro atoms. The fraction of sp³-hybridized carbons (Fsp3) is 0.200. The number of rotatable bonds is 3. The molecule has 6 nitrogen and oxygen atoms in total. The Labute approximate surface area is 120 Å². The van der Waals surface area contributed by atoms with E-state index in [1.165, 1.54) is 10.7 Å². The Morgan fingerprint density at radius 3 is 2.67 bits per heavy atom. The van der Waals surface area contributed by atoms with Crippen LogP contribution in [0.1, 0.15) is 24.6 Å². The minimum Gasteiger partial charge on any atom is -0.332 e. The molecule has 21 heavy (non-hydrogen) atoms. The Balaban J connectivity index is 1.77. The molecule has 3 aromatic rings. The molecule has 0 bridgehead atoms. The first-order valence-electron chi connectivity index (χ1n) is 6.81. The summed E-state index contributed by atoms with van der Waals surface area (Å²) in [5.74, 6) is 1.49. The molecule has 1 aliphatic carbocycles. The average Bonchev–Trinajstić information content (AvgIpc) is 3.26. The summed E-state index contributed by atoms with van der Waals surface area (Å²) in [7, 11) is 0. The predicted molar refractivity (Wildman–Crippen MR) is 75.1 cm³/mol. The van der Waals surface area contributed by atoms with Crippen LogP contribution in [0.4, 0.5) is 0 Å². The summed E-state index contributed by atoms with van der Waals surface area (Å²) in [6, 6.07) is 12.3. The molecule has 4 rings (SSSR count). The van der Waals surface area contributed by atoms with E-state index >= 15 is 0 Å². The Hall–Kier alpha value is -2.76. The van der Waals surface area contributed by atoms with Gasteiger partial charge in [-0.15, -0.1) is 0 Å². The van der Waals surface area contributed by atoms with Crippen molar-refractivity contribution in [2.45, 2.75) is 18.8 Å². The minimum atomic E-state index is -0.202. The number of para-hydroxylation sites is 1. The lowest BCUT2D eigenvalue weighted by molar-refractivity contribution is 0.420. The zero-order valence-electron chi connectivity index (χ0n) is 11.1. The number of hydrogen-bond acceptors (Lipinski definition) is 5. The molecule has 2 aromatic heterocycles. The molecule has 2 heterocycles. The van der Waals surface area contributed by atoms with E-state index in [0.29, 0.717) is 23.2 Å². The van der Waals surface area contributed by atoms with Crippen LogP contribution < -0.4 is 5.56 Å².